The number of carbonyl (C=O) groups is 1. The van der Waals surface area contributed by atoms with Crippen LogP contribution in [0.3, 0.4) is 0 Å². The molecule has 0 aliphatic heterocycles. The van der Waals surface area contributed by atoms with Gasteiger partial charge in [0.15, 0.2) is 5.82 Å². The average molecular weight is 325 g/mol. The van der Waals surface area contributed by atoms with Crippen LogP contribution in [0.2, 0.25) is 0 Å². The van der Waals surface area contributed by atoms with Crippen LogP contribution in [0.25, 0.3) is 11.4 Å². The van der Waals surface area contributed by atoms with E-state index < -0.39 is 11.9 Å². The van der Waals surface area contributed by atoms with Gasteiger partial charge in [-0.05, 0) is 35.0 Å². The first-order chi connectivity index (χ1) is 8.99. The molecule has 1 heterocycles. The van der Waals surface area contributed by atoms with Crippen molar-refractivity contribution in [2.24, 2.45) is 5.92 Å². The van der Waals surface area contributed by atoms with E-state index in [9.17, 15) is 4.79 Å². The summed E-state index contributed by atoms with van der Waals surface area (Å²) in [5.74, 6) is -0.839. The van der Waals surface area contributed by atoms with Crippen LogP contribution in [-0.4, -0.2) is 31.3 Å². The highest BCUT2D eigenvalue weighted by Crippen LogP contribution is 2.25. The average Bonchev–Trinajstić information content (AvgIpc) is 2.80. The topological polar surface area (TPSA) is 80.9 Å². The Bertz CT molecular complexity index is 612. The number of benzene rings is 1. The monoisotopic (exact) mass is 324 g/mol. The number of carboxylic acid groups (broad SMARTS) is 1. The minimum absolute atomic E-state index is 0.240. The summed E-state index contributed by atoms with van der Waals surface area (Å²) in [4.78, 5) is 10.9. The normalized spacial score (nSPS) is 12.4. The fraction of sp³-hybridized carbons (Fsp3) is 0.333. The first-order valence-electron chi connectivity index (χ1n) is 5.74. The number of rotatable bonds is 4. The lowest BCUT2D eigenvalue weighted by Crippen LogP contribution is -2.18. The Morgan fingerprint density at radius 1 is 1.53 bits per heavy atom. The molecule has 1 unspecified atom stereocenters. The minimum atomic E-state index is -0.868. The molecule has 0 fully saturated rings. The molecule has 0 saturated carbocycles. The molecule has 1 aromatic heterocycles. The number of hydrogen-bond donors (Lipinski definition) is 1. The quantitative estimate of drug-likeness (QED) is 0.931. The van der Waals surface area contributed by atoms with Crippen LogP contribution in [0.4, 0.5) is 0 Å². The third-order valence-electron chi connectivity index (χ3n) is 2.84. The Morgan fingerprint density at radius 3 is 2.95 bits per heavy atom. The first-order valence-corrected chi connectivity index (χ1v) is 6.54. The van der Waals surface area contributed by atoms with E-state index in [0.29, 0.717) is 5.82 Å². The zero-order valence-electron chi connectivity index (χ0n) is 10.5. The molecule has 0 aliphatic carbocycles. The predicted octanol–water partition coefficient (Wildman–Crippen LogP) is 2.13. The Hall–Kier alpha value is -1.76. The standard InChI is InChI=1S/C12H13BrN4O2/c1-7-3-4-9(13)5-10(7)11-14-15-16-17(11)6-8(2)12(18)19/h3-5,8H,6H2,1-2H3,(H,18,19). The third-order valence-corrected chi connectivity index (χ3v) is 3.33. The van der Waals surface area contributed by atoms with Crippen LogP contribution in [0.5, 0.6) is 0 Å². The first kappa shape index (κ1) is 13.7. The number of halogens is 1. The van der Waals surface area contributed by atoms with Crippen LogP contribution in [0.1, 0.15) is 12.5 Å². The lowest BCUT2D eigenvalue weighted by atomic mass is 10.1. The maximum absolute atomic E-state index is 10.9. The van der Waals surface area contributed by atoms with Crippen molar-refractivity contribution in [1.29, 1.82) is 0 Å². The van der Waals surface area contributed by atoms with Crippen molar-refractivity contribution < 1.29 is 9.90 Å². The fourth-order valence-corrected chi connectivity index (χ4v) is 2.05. The summed E-state index contributed by atoms with van der Waals surface area (Å²) < 4.78 is 2.45. The molecule has 0 amide bonds. The van der Waals surface area contributed by atoms with E-state index in [1.54, 1.807) is 6.92 Å². The summed E-state index contributed by atoms with van der Waals surface area (Å²) in [6.07, 6.45) is 0. The molecule has 1 atom stereocenters. The molecular weight excluding hydrogens is 312 g/mol. The van der Waals surface area contributed by atoms with Gasteiger partial charge in [0.25, 0.3) is 0 Å². The molecule has 0 aliphatic rings. The molecule has 7 heteroatoms. The smallest absolute Gasteiger partial charge is 0.308 e. The maximum Gasteiger partial charge on any atom is 0.308 e. The summed E-state index contributed by atoms with van der Waals surface area (Å²) >= 11 is 3.41. The van der Waals surface area contributed by atoms with Crippen molar-refractivity contribution in [1.82, 2.24) is 20.2 Å². The van der Waals surface area contributed by atoms with Crippen LogP contribution in [0, 0.1) is 12.8 Å². The van der Waals surface area contributed by atoms with Gasteiger partial charge in [0.1, 0.15) is 0 Å². The van der Waals surface area contributed by atoms with E-state index in [0.717, 1.165) is 15.6 Å². The zero-order chi connectivity index (χ0) is 14.0. The van der Waals surface area contributed by atoms with Gasteiger partial charge in [-0.25, -0.2) is 4.68 Å². The van der Waals surface area contributed by atoms with Crippen molar-refractivity contribution in [3.8, 4) is 11.4 Å². The summed E-state index contributed by atoms with van der Waals surface area (Å²) in [5, 5.41) is 20.4. The summed E-state index contributed by atoms with van der Waals surface area (Å²) in [5.41, 5.74) is 1.92. The molecule has 1 aromatic carbocycles. The summed E-state index contributed by atoms with van der Waals surface area (Å²) in [6, 6.07) is 5.81. The molecule has 6 nitrogen and oxygen atoms in total. The molecule has 19 heavy (non-hydrogen) atoms. The molecule has 2 rings (SSSR count). The van der Waals surface area contributed by atoms with E-state index in [1.807, 2.05) is 25.1 Å². The van der Waals surface area contributed by atoms with Crippen LogP contribution in [-0.2, 0) is 11.3 Å². The van der Waals surface area contributed by atoms with Crippen molar-refractivity contribution in [3.63, 3.8) is 0 Å². The minimum Gasteiger partial charge on any atom is -0.481 e. The largest absolute Gasteiger partial charge is 0.481 e. The molecular formula is C12H13BrN4O2. The van der Waals surface area contributed by atoms with Crippen molar-refractivity contribution in [2.75, 3.05) is 0 Å². The van der Waals surface area contributed by atoms with E-state index in [-0.39, 0.29) is 6.54 Å². The number of carboxylic acids is 1. The van der Waals surface area contributed by atoms with Gasteiger partial charge < -0.3 is 5.11 Å². The molecule has 0 spiro atoms. The molecule has 0 bridgehead atoms. The lowest BCUT2D eigenvalue weighted by Gasteiger charge is -2.09. The Labute approximate surface area is 118 Å². The second kappa shape index (κ2) is 5.48. The van der Waals surface area contributed by atoms with Gasteiger partial charge >= 0.3 is 5.97 Å². The molecule has 1 N–H and O–H groups in total. The number of aromatic nitrogens is 4. The second-order valence-electron chi connectivity index (χ2n) is 4.38. The molecule has 0 radical (unpaired) electrons. The van der Waals surface area contributed by atoms with Gasteiger partial charge in [-0.3, -0.25) is 4.79 Å². The number of aryl methyl sites for hydroxylation is 1. The van der Waals surface area contributed by atoms with Crippen molar-refractivity contribution >= 4 is 21.9 Å². The number of hydrogen-bond acceptors (Lipinski definition) is 4. The van der Waals surface area contributed by atoms with E-state index in [2.05, 4.69) is 31.5 Å². The van der Waals surface area contributed by atoms with Crippen LogP contribution >= 0.6 is 15.9 Å². The fourth-order valence-electron chi connectivity index (χ4n) is 1.69. The maximum atomic E-state index is 10.9. The number of nitrogens with zero attached hydrogens (tertiary/aromatic N) is 4. The Morgan fingerprint density at radius 2 is 2.26 bits per heavy atom. The van der Waals surface area contributed by atoms with Crippen LogP contribution < -0.4 is 0 Å². The van der Waals surface area contributed by atoms with Gasteiger partial charge in [0.2, 0.25) is 0 Å². The highest BCUT2D eigenvalue weighted by molar-refractivity contribution is 9.10. The van der Waals surface area contributed by atoms with E-state index in [4.69, 9.17) is 5.11 Å². The van der Waals surface area contributed by atoms with Gasteiger partial charge in [-0.2, -0.15) is 0 Å². The number of tetrazole rings is 1. The highest BCUT2D eigenvalue weighted by Gasteiger charge is 2.17. The lowest BCUT2D eigenvalue weighted by molar-refractivity contribution is -0.141. The SMILES string of the molecule is Cc1ccc(Br)cc1-c1nnnn1CC(C)C(=O)O. The Kier molecular flexibility index (Phi) is 3.94. The Balaban J connectivity index is 2.39. The second-order valence-corrected chi connectivity index (χ2v) is 5.30. The van der Waals surface area contributed by atoms with Gasteiger partial charge in [-0.15, -0.1) is 5.10 Å². The van der Waals surface area contributed by atoms with Gasteiger partial charge in [0, 0.05) is 10.0 Å². The molecule has 2 aromatic rings. The third kappa shape index (κ3) is 2.98. The van der Waals surface area contributed by atoms with Crippen molar-refractivity contribution in [3.05, 3.63) is 28.2 Å². The highest BCUT2D eigenvalue weighted by atomic mass is 79.9. The summed E-state index contributed by atoms with van der Waals surface area (Å²) in [6.45, 7) is 3.83. The van der Waals surface area contributed by atoms with Gasteiger partial charge in [-0.1, -0.05) is 28.9 Å². The zero-order valence-corrected chi connectivity index (χ0v) is 12.1. The van der Waals surface area contributed by atoms with Crippen LogP contribution in [0.15, 0.2) is 22.7 Å². The van der Waals surface area contributed by atoms with Gasteiger partial charge in [0.05, 0.1) is 12.5 Å². The molecule has 100 valence electrons. The van der Waals surface area contributed by atoms with E-state index in [1.165, 1.54) is 4.68 Å². The summed E-state index contributed by atoms with van der Waals surface area (Å²) in [7, 11) is 0. The predicted molar refractivity (Wildman–Crippen MR) is 72.5 cm³/mol. The number of aliphatic carboxylic acids is 1. The van der Waals surface area contributed by atoms with Crippen molar-refractivity contribution in [2.45, 2.75) is 20.4 Å². The van der Waals surface area contributed by atoms with E-state index >= 15 is 0 Å². The molecule has 0 saturated heterocycles.